The maximum Gasteiger partial charge on any atom is 0.266 e. The summed E-state index contributed by atoms with van der Waals surface area (Å²) in [7, 11) is 0. The van der Waals surface area contributed by atoms with Crippen LogP contribution in [-0.2, 0) is 0 Å². The number of aliphatic hydroxyl groups is 1. The van der Waals surface area contributed by atoms with Crippen LogP contribution in [0.2, 0.25) is 0 Å². The average molecular weight is 403 g/mol. The first kappa shape index (κ1) is 19.7. The quantitative estimate of drug-likeness (QED) is 0.610. The first-order chi connectivity index (χ1) is 14.5. The molecule has 3 aromatic carbocycles. The van der Waals surface area contributed by atoms with Crippen molar-refractivity contribution in [3.05, 3.63) is 89.5 Å². The zero-order chi connectivity index (χ0) is 21.1. The highest BCUT2D eigenvalue weighted by Gasteiger charge is 2.36. The molecule has 1 aliphatic rings. The van der Waals surface area contributed by atoms with Crippen molar-refractivity contribution in [3.8, 4) is 11.5 Å². The van der Waals surface area contributed by atoms with E-state index in [1.807, 2.05) is 31.2 Å². The fourth-order valence-electron chi connectivity index (χ4n) is 3.18. The molecule has 1 atom stereocenters. The van der Waals surface area contributed by atoms with Gasteiger partial charge in [0, 0.05) is 0 Å². The van der Waals surface area contributed by atoms with Gasteiger partial charge in [0.25, 0.3) is 11.8 Å². The minimum Gasteiger partial charge on any atom is -0.491 e. The molecule has 6 heteroatoms. The Labute approximate surface area is 174 Å². The van der Waals surface area contributed by atoms with Gasteiger partial charge in [-0.2, -0.15) is 0 Å². The molecule has 30 heavy (non-hydrogen) atoms. The Kier molecular flexibility index (Phi) is 5.50. The van der Waals surface area contributed by atoms with Gasteiger partial charge in [-0.3, -0.25) is 9.59 Å². The highest BCUT2D eigenvalue weighted by Crippen LogP contribution is 2.29. The van der Waals surface area contributed by atoms with Gasteiger partial charge in [-0.15, -0.1) is 0 Å². The van der Waals surface area contributed by atoms with Crippen LogP contribution >= 0.6 is 0 Å². The van der Waals surface area contributed by atoms with Crippen LogP contribution in [0.5, 0.6) is 11.5 Å². The zero-order valence-electron chi connectivity index (χ0n) is 16.4. The number of aliphatic hydroxyl groups excluding tert-OH is 1. The summed E-state index contributed by atoms with van der Waals surface area (Å²) in [5.74, 6) is 0.524. The van der Waals surface area contributed by atoms with Crippen LogP contribution in [0.25, 0.3) is 0 Å². The van der Waals surface area contributed by atoms with Crippen molar-refractivity contribution in [3.63, 3.8) is 0 Å². The average Bonchev–Trinajstić information content (AvgIpc) is 3.03. The molecule has 1 aliphatic heterocycles. The lowest BCUT2D eigenvalue weighted by Gasteiger charge is -2.16. The van der Waals surface area contributed by atoms with Crippen molar-refractivity contribution < 1.29 is 24.2 Å². The molecule has 3 aromatic rings. The molecule has 0 spiro atoms. The molecule has 1 heterocycles. The van der Waals surface area contributed by atoms with Crippen molar-refractivity contribution >= 4 is 17.5 Å². The standard InChI is InChI=1S/C24H21NO5/c1-16-6-10-19(11-7-16)29-14-18(26)15-30-20-12-8-17(9-13-20)25-23(27)21-4-2-3-5-22(21)24(25)28/h2-13,18,26H,14-15H2,1H3/t18-/m1/s1. The number of aryl methyl sites for hydroxylation is 1. The Hall–Kier alpha value is -3.64. The third-order valence-electron chi connectivity index (χ3n) is 4.79. The summed E-state index contributed by atoms with van der Waals surface area (Å²) in [6.45, 7) is 2.15. The first-order valence-electron chi connectivity index (χ1n) is 9.61. The Balaban J connectivity index is 1.32. The molecule has 4 rings (SSSR count). The number of carbonyl (C=O) groups excluding carboxylic acids is 2. The van der Waals surface area contributed by atoms with Crippen LogP contribution in [0.4, 0.5) is 5.69 Å². The van der Waals surface area contributed by atoms with Gasteiger partial charge in [0.2, 0.25) is 0 Å². The Morgan fingerprint density at radius 2 is 1.23 bits per heavy atom. The normalized spacial score (nSPS) is 13.9. The van der Waals surface area contributed by atoms with Gasteiger partial charge < -0.3 is 14.6 Å². The summed E-state index contributed by atoms with van der Waals surface area (Å²) >= 11 is 0. The third-order valence-corrected chi connectivity index (χ3v) is 4.79. The van der Waals surface area contributed by atoms with Gasteiger partial charge in [0.15, 0.2) is 0 Å². The number of fused-ring (bicyclic) bond motifs is 1. The van der Waals surface area contributed by atoms with Crippen LogP contribution in [0.1, 0.15) is 26.3 Å². The second-order valence-corrected chi connectivity index (χ2v) is 7.07. The van der Waals surface area contributed by atoms with Crippen LogP contribution in [-0.4, -0.2) is 36.2 Å². The summed E-state index contributed by atoms with van der Waals surface area (Å²) in [5.41, 5.74) is 2.41. The smallest absolute Gasteiger partial charge is 0.266 e. The molecule has 6 nitrogen and oxygen atoms in total. The monoisotopic (exact) mass is 403 g/mol. The Bertz CT molecular complexity index is 1020. The van der Waals surface area contributed by atoms with Gasteiger partial charge in [-0.05, 0) is 55.5 Å². The lowest BCUT2D eigenvalue weighted by molar-refractivity contribution is 0.0626. The van der Waals surface area contributed by atoms with E-state index in [2.05, 4.69) is 0 Å². The Morgan fingerprint density at radius 3 is 1.73 bits per heavy atom. The Morgan fingerprint density at radius 1 is 0.767 bits per heavy atom. The predicted octanol–water partition coefficient (Wildman–Crippen LogP) is 3.61. The van der Waals surface area contributed by atoms with E-state index in [0.717, 1.165) is 10.5 Å². The topological polar surface area (TPSA) is 76.1 Å². The molecule has 0 aromatic heterocycles. The summed E-state index contributed by atoms with van der Waals surface area (Å²) in [5, 5.41) is 10.1. The number of hydrogen-bond donors (Lipinski definition) is 1. The molecular weight excluding hydrogens is 382 g/mol. The predicted molar refractivity (Wildman–Crippen MR) is 112 cm³/mol. The van der Waals surface area contributed by atoms with Crippen LogP contribution in [0, 0.1) is 6.92 Å². The number of benzene rings is 3. The highest BCUT2D eigenvalue weighted by molar-refractivity contribution is 6.34. The molecule has 0 radical (unpaired) electrons. The van der Waals surface area contributed by atoms with E-state index in [0.29, 0.717) is 28.3 Å². The van der Waals surface area contributed by atoms with Crippen LogP contribution in [0.3, 0.4) is 0 Å². The fraction of sp³-hybridized carbons (Fsp3) is 0.167. The number of carbonyl (C=O) groups is 2. The second-order valence-electron chi connectivity index (χ2n) is 7.07. The van der Waals surface area contributed by atoms with Crippen LogP contribution < -0.4 is 14.4 Å². The van der Waals surface area contributed by atoms with Crippen molar-refractivity contribution in [2.75, 3.05) is 18.1 Å². The lowest BCUT2D eigenvalue weighted by atomic mass is 10.1. The van der Waals surface area contributed by atoms with Crippen molar-refractivity contribution in [2.24, 2.45) is 0 Å². The highest BCUT2D eigenvalue weighted by atomic mass is 16.5. The molecule has 0 unspecified atom stereocenters. The molecule has 1 N–H and O–H groups in total. The van der Waals surface area contributed by atoms with Crippen molar-refractivity contribution in [1.82, 2.24) is 0 Å². The maximum atomic E-state index is 12.5. The lowest BCUT2D eigenvalue weighted by Crippen LogP contribution is -2.29. The minimum absolute atomic E-state index is 0.0538. The number of amides is 2. The van der Waals surface area contributed by atoms with Crippen molar-refractivity contribution in [1.29, 1.82) is 0 Å². The van der Waals surface area contributed by atoms with Gasteiger partial charge >= 0.3 is 0 Å². The molecular formula is C24H21NO5. The van der Waals surface area contributed by atoms with Gasteiger partial charge in [-0.1, -0.05) is 29.8 Å². The maximum absolute atomic E-state index is 12.5. The summed E-state index contributed by atoms with van der Waals surface area (Å²) in [4.78, 5) is 26.2. The number of nitrogens with zero attached hydrogens (tertiary/aromatic N) is 1. The van der Waals surface area contributed by atoms with E-state index in [4.69, 9.17) is 9.47 Å². The van der Waals surface area contributed by atoms with E-state index < -0.39 is 6.10 Å². The molecule has 152 valence electrons. The van der Waals surface area contributed by atoms with E-state index >= 15 is 0 Å². The number of hydrogen-bond acceptors (Lipinski definition) is 5. The summed E-state index contributed by atoms with van der Waals surface area (Å²) in [6.07, 6.45) is -0.804. The number of ether oxygens (including phenoxy) is 2. The van der Waals surface area contributed by atoms with Crippen LogP contribution in [0.15, 0.2) is 72.8 Å². The van der Waals surface area contributed by atoms with E-state index in [1.54, 1.807) is 48.5 Å². The summed E-state index contributed by atoms with van der Waals surface area (Å²) < 4.78 is 11.1. The van der Waals surface area contributed by atoms with Gasteiger partial charge in [-0.25, -0.2) is 4.90 Å². The molecule has 2 amide bonds. The van der Waals surface area contributed by atoms with Gasteiger partial charge in [0.05, 0.1) is 16.8 Å². The first-order valence-corrected chi connectivity index (χ1v) is 9.61. The molecule has 0 saturated carbocycles. The molecule has 0 saturated heterocycles. The van der Waals surface area contributed by atoms with E-state index in [-0.39, 0.29) is 25.0 Å². The fourth-order valence-corrected chi connectivity index (χ4v) is 3.18. The minimum atomic E-state index is -0.804. The van der Waals surface area contributed by atoms with Gasteiger partial charge in [0.1, 0.15) is 30.8 Å². The zero-order valence-corrected chi connectivity index (χ0v) is 16.4. The third kappa shape index (κ3) is 4.04. The number of imide groups is 1. The summed E-state index contributed by atoms with van der Waals surface area (Å²) in [6, 6.07) is 20.9. The van der Waals surface area contributed by atoms with E-state index in [1.165, 1.54) is 0 Å². The largest absolute Gasteiger partial charge is 0.491 e. The SMILES string of the molecule is Cc1ccc(OC[C@@H](O)COc2ccc(N3C(=O)c4ccccc4C3=O)cc2)cc1. The number of anilines is 1. The molecule has 0 aliphatic carbocycles. The second kappa shape index (κ2) is 8.39. The molecule has 0 fully saturated rings. The van der Waals surface area contributed by atoms with E-state index in [9.17, 15) is 14.7 Å². The van der Waals surface area contributed by atoms with Crippen molar-refractivity contribution in [2.45, 2.75) is 13.0 Å². The molecule has 0 bridgehead atoms. The number of rotatable bonds is 7.